The molecule has 12 rings (SSSR count). The maximum atomic E-state index is 12.6. The highest BCUT2D eigenvalue weighted by Gasteiger charge is 2.31. The summed E-state index contributed by atoms with van der Waals surface area (Å²) in [5.74, 6) is 2.00. The Bertz CT molecular complexity index is 5310. The van der Waals surface area contributed by atoms with E-state index in [1.165, 1.54) is 54.7 Å². The van der Waals surface area contributed by atoms with Crippen molar-refractivity contribution < 1.29 is 46.8 Å². The topological polar surface area (TPSA) is 415 Å². The molecule has 8 heterocycles. The largest absolute Gasteiger partial charge is 0.416 e. The van der Waals surface area contributed by atoms with Gasteiger partial charge in [0, 0.05) is 24.8 Å². The lowest BCUT2D eigenvalue weighted by molar-refractivity contribution is -0.137. The third kappa shape index (κ3) is 19.9. The Labute approximate surface area is 564 Å². The second-order valence-corrected chi connectivity index (χ2v) is 26.9. The average Bonchev–Trinajstić information content (AvgIpc) is 0.871. The molecule has 36 heteroatoms. The van der Waals surface area contributed by atoms with Crippen molar-refractivity contribution in [3.8, 4) is 52.1 Å². The van der Waals surface area contributed by atoms with Gasteiger partial charge in [-0.25, -0.2) is 72.5 Å². The van der Waals surface area contributed by atoms with Gasteiger partial charge in [0.1, 0.15) is 46.1 Å². The number of hydrogen-bond donors (Lipinski definition) is 4. The number of sulfonamides is 4. The molecule has 12 aromatic rings. The van der Waals surface area contributed by atoms with Gasteiger partial charge in [-0.05, 0) is 156 Å². The number of rotatable bonds is 16. The van der Waals surface area contributed by atoms with Crippen LogP contribution in [0, 0.1) is 45.9 Å². The first-order valence-electron chi connectivity index (χ1n) is 28.6. The second-order valence-electron chi connectivity index (χ2n) is 20.2. The van der Waals surface area contributed by atoms with Gasteiger partial charge >= 0.3 is 6.18 Å². The molecular weight excluding hydrogens is 1360 g/mol. The highest BCUT2D eigenvalue weighted by molar-refractivity contribution is 7.93. The van der Waals surface area contributed by atoms with Crippen LogP contribution >= 0.6 is 0 Å². The fourth-order valence-electron chi connectivity index (χ4n) is 8.11. The first-order valence-corrected chi connectivity index (χ1v) is 34.5. The van der Waals surface area contributed by atoms with Crippen LogP contribution < -0.4 is 18.9 Å². The van der Waals surface area contributed by atoms with E-state index in [0.717, 1.165) is 17.7 Å². The number of anilines is 4. The van der Waals surface area contributed by atoms with Crippen LogP contribution in [0.3, 0.4) is 0 Å². The zero-order valence-corrected chi connectivity index (χ0v) is 55.5. The summed E-state index contributed by atoms with van der Waals surface area (Å²) < 4.78 is 146. The number of nitrogens with zero attached hydrogens (tertiary/aromatic N) is 17. The van der Waals surface area contributed by atoms with Gasteiger partial charge in [-0.1, -0.05) is 60.2 Å². The van der Waals surface area contributed by atoms with E-state index >= 15 is 0 Å². The van der Waals surface area contributed by atoms with Crippen molar-refractivity contribution in [2.45, 2.75) is 60.4 Å². The summed E-state index contributed by atoms with van der Waals surface area (Å²) in [5, 5.41) is 8.79. The monoisotopic (exact) mass is 1420 g/mol. The predicted molar refractivity (Wildman–Crippen MR) is 355 cm³/mol. The highest BCUT2D eigenvalue weighted by atomic mass is 32.2. The lowest BCUT2D eigenvalue weighted by Gasteiger charge is -2.10. The van der Waals surface area contributed by atoms with Crippen LogP contribution in [0.1, 0.15) is 40.0 Å². The lowest BCUT2D eigenvalue weighted by Crippen LogP contribution is -2.16. The smallest absolute Gasteiger partial charge is 0.253 e. The molecule has 4 aromatic carbocycles. The number of aromatic nitrogens is 16. The van der Waals surface area contributed by atoms with E-state index in [-0.39, 0.29) is 60.8 Å². The van der Waals surface area contributed by atoms with Crippen molar-refractivity contribution in [2.75, 3.05) is 18.9 Å². The summed E-state index contributed by atoms with van der Waals surface area (Å²) in [6.07, 6.45) is 1.79. The van der Waals surface area contributed by atoms with Crippen LogP contribution in [0.5, 0.6) is 0 Å². The summed E-state index contributed by atoms with van der Waals surface area (Å²) >= 11 is 0. The minimum absolute atomic E-state index is 0.00366. The Hall–Kier alpha value is -12.2. The maximum absolute atomic E-state index is 12.6. The molecule has 0 spiro atoms. The summed E-state index contributed by atoms with van der Waals surface area (Å²) in [6, 6.07) is 46.1. The van der Waals surface area contributed by atoms with Crippen LogP contribution in [-0.2, 0) is 46.3 Å². The molecule has 0 saturated heterocycles. The van der Waals surface area contributed by atoms with Gasteiger partial charge in [-0.3, -0.25) is 19.9 Å². The van der Waals surface area contributed by atoms with Crippen molar-refractivity contribution in [3.63, 3.8) is 0 Å². The molecule has 0 aliphatic heterocycles. The fourth-order valence-corrected chi connectivity index (χ4v) is 11.9. The molecule has 0 atom stereocenters. The minimum Gasteiger partial charge on any atom is -0.253 e. The molecule has 0 saturated carbocycles. The van der Waals surface area contributed by atoms with Crippen molar-refractivity contribution in [2.24, 2.45) is 0 Å². The van der Waals surface area contributed by atoms with Crippen molar-refractivity contribution in [1.29, 1.82) is 5.26 Å². The summed E-state index contributed by atoms with van der Waals surface area (Å²) in [6.45, 7) is 8.39. The highest BCUT2D eigenvalue weighted by Crippen LogP contribution is 2.30. The SMILES string of the molecule is Cc1ccc(S(=O)(=O)Nc2nc(C)nc(-c3ccccn3)n2)cc1.Cc1nc(NS(=O)(=O)c2ccc(C#N)cc2)nc(-c2ccccn2)n1.Cc1nc(NS(=O)(=O)c2ccc(C(F)(F)F)cc2)nc(-c2ccccn2)n1.Cc1nc(NS(=O)(=O)c2ccccc2)nc(-c2ccccn2)n1. The fraction of sp³-hybridized carbons (Fsp3) is 0.0952. The van der Waals surface area contributed by atoms with Crippen molar-refractivity contribution >= 4 is 63.9 Å². The third-order valence-corrected chi connectivity index (χ3v) is 18.0. The molecule has 0 radical (unpaired) electrons. The first-order chi connectivity index (χ1) is 47.1. The Balaban J connectivity index is 0.000000154. The molecule has 0 amide bonds. The van der Waals surface area contributed by atoms with E-state index in [4.69, 9.17) is 5.26 Å². The Morgan fingerprint density at radius 2 is 0.586 bits per heavy atom. The van der Waals surface area contributed by atoms with Crippen LogP contribution in [0.15, 0.2) is 220 Å². The molecule has 4 N–H and O–H groups in total. The van der Waals surface area contributed by atoms with Crippen LogP contribution in [-0.4, -0.2) is 113 Å². The van der Waals surface area contributed by atoms with Crippen molar-refractivity contribution in [3.05, 3.63) is 241 Å². The Morgan fingerprint density at radius 3 is 0.848 bits per heavy atom. The van der Waals surface area contributed by atoms with E-state index in [1.54, 1.807) is 149 Å². The van der Waals surface area contributed by atoms with E-state index < -0.39 is 51.8 Å². The predicted octanol–water partition coefficient (Wildman–Crippen LogP) is 9.37. The zero-order chi connectivity index (χ0) is 71.0. The number of hydrogen-bond acceptors (Lipinski definition) is 25. The van der Waals surface area contributed by atoms with Crippen LogP contribution in [0.4, 0.5) is 37.0 Å². The molecule has 29 nitrogen and oxygen atoms in total. The molecule has 0 aliphatic rings. The number of pyridine rings is 4. The molecule has 502 valence electrons. The normalized spacial score (nSPS) is 11.3. The van der Waals surface area contributed by atoms with Crippen LogP contribution in [0.2, 0.25) is 0 Å². The lowest BCUT2D eigenvalue weighted by atomic mass is 10.2. The standard InChI is InChI=1S/C16H12F3N5O2S.C16H12N6O2S.C16H15N5O2S.C15H13N5O2S/c1-10-21-14(13-4-2-3-9-20-13)23-15(22-10)24-27(25,26)12-7-5-11(6-8-12)16(17,18)19;1-11-19-15(14-4-2-3-9-18-14)21-16(20-11)22-25(23,24)13-7-5-12(10-17)6-8-13;1-11-6-8-13(9-7-11)24(22,23)21-16-19-12(2)18-15(20-16)14-5-3-4-10-17-14;1-11-17-14(13-9-5-6-10-16-13)19-15(18-11)20-23(21,22)12-7-3-2-4-8-12/h2-9H,1H3,(H,21,22,23,24);2-9H,1H3,(H,19,20,21,22);3-10H,1-2H3,(H,18,19,20,21);2-10H,1H3,(H,17,18,19,20). The summed E-state index contributed by atoms with van der Waals surface area (Å²) in [5.41, 5.74) is 2.39. The maximum Gasteiger partial charge on any atom is 0.416 e. The molecule has 0 aliphatic carbocycles. The number of nitrogens with one attached hydrogen (secondary N) is 4. The first kappa shape index (κ1) is 71.1. The Kier molecular flexibility index (Phi) is 22.4. The van der Waals surface area contributed by atoms with Gasteiger partial charge in [0.2, 0.25) is 23.8 Å². The number of benzene rings is 4. The van der Waals surface area contributed by atoms with Gasteiger partial charge in [-0.15, -0.1) is 0 Å². The van der Waals surface area contributed by atoms with Crippen LogP contribution in [0.25, 0.3) is 46.1 Å². The van der Waals surface area contributed by atoms with Gasteiger partial charge in [0.15, 0.2) is 23.3 Å². The second kappa shape index (κ2) is 31.1. The molecule has 8 aromatic heterocycles. The number of nitriles is 1. The molecule has 99 heavy (non-hydrogen) atoms. The zero-order valence-electron chi connectivity index (χ0n) is 52.2. The number of halogens is 3. The number of aryl methyl sites for hydroxylation is 5. The molecule has 0 bridgehead atoms. The van der Waals surface area contributed by atoms with E-state index in [0.29, 0.717) is 69.6 Å². The summed E-state index contributed by atoms with van der Waals surface area (Å²) in [4.78, 5) is 65.6. The van der Waals surface area contributed by atoms with E-state index in [2.05, 4.69) is 98.6 Å². The van der Waals surface area contributed by atoms with Crippen molar-refractivity contribution in [1.82, 2.24) is 79.7 Å². The van der Waals surface area contributed by atoms with E-state index in [9.17, 15) is 46.8 Å². The summed E-state index contributed by atoms with van der Waals surface area (Å²) in [7, 11) is -15.6. The third-order valence-electron chi connectivity index (χ3n) is 12.6. The minimum atomic E-state index is -4.56. The van der Waals surface area contributed by atoms with Gasteiger partial charge in [0.05, 0.1) is 36.8 Å². The van der Waals surface area contributed by atoms with Gasteiger partial charge in [0.25, 0.3) is 40.1 Å². The number of alkyl halides is 3. The van der Waals surface area contributed by atoms with Gasteiger partial charge in [-0.2, -0.15) is 58.3 Å². The van der Waals surface area contributed by atoms with Gasteiger partial charge < -0.3 is 0 Å². The molecule has 0 fully saturated rings. The van der Waals surface area contributed by atoms with E-state index in [1.807, 2.05) is 13.0 Å². The molecule has 0 unspecified atom stereocenters. The molecular formula is C63H52F3N21O8S4. The average molecular weight is 1420 g/mol. The Morgan fingerprint density at radius 1 is 0.323 bits per heavy atom. The quantitative estimate of drug-likeness (QED) is 0.0699.